The van der Waals surface area contributed by atoms with E-state index in [0.717, 1.165) is 6.92 Å². The van der Waals surface area contributed by atoms with E-state index in [-0.39, 0.29) is 0 Å². The van der Waals surface area contributed by atoms with Gasteiger partial charge in [0.1, 0.15) is 12.1 Å². The van der Waals surface area contributed by atoms with Crippen LogP contribution in [-0.2, 0) is 9.59 Å². The second-order valence-corrected chi connectivity index (χ2v) is 5.75. The molecular formula is C13H24F2N4O7. The molecule has 0 aliphatic carbocycles. The summed E-state index contributed by atoms with van der Waals surface area (Å²) in [4.78, 5) is 25.5. The Balaban J connectivity index is 6.09. The second kappa shape index (κ2) is 9.56. The zero-order valence-corrected chi connectivity index (χ0v) is 14.1. The average molecular weight is 386 g/mol. The monoisotopic (exact) mass is 386 g/mol. The van der Waals surface area contributed by atoms with Crippen molar-refractivity contribution in [2.75, 3.05) is 6.61 Å². The molecule has 0 heterocycles. The first-order valence-electron chi connectivity index (χ1n) is 7.38. The molecule has 10 N–H and O–H groups in total. The van der Waals surface area contributed by atoms with E-state index in [1.54, 1.807) is 0 Å². The number of nitrogens with zero attached hydrogens (tertiary/aromatic N) is 1. The number of nitrogens with two attached hydrogens (primary N) is 2. The number of halogens is 2. The van der Waals surface area contributed by atoms with Crippen LogP contribution in [-0.4, -0.2) is 86.3 Å². The molecule has 5 unspecified atom stereocenters. The maximum atomic E-state index is 14.5. The molecular weight excluding hydrogens is 362 g/mol. The largest absolute Gasteiger partial charge is 0.477 e. The number of aliphatic hydroxyl groups excluding tert-OH is 3. The highest BCUT2D eigenvalue weighted by molar-refractivity contribution is 5.78. The number of nitrogens with one attached hydrogen (secondary N) is 1. The lowest BCUT2D eigenvalue weighted by Gasteiger charge is -2.36. The molecule has 0 bridgehead atoms. The number of carboxylic acid groups (broad SMARTS) is 1. The number of alkyl halides is 2. The lowest BCUT2D eigenvalue weighted by molar-refractivity contribution is -0.199. The predicted octanol–water partition coefficient (Wildman–Crippen LogP) is -3.44. The maximum Gasteiger partial charge on any atom is 0.372 e. The molecule has 0 aromatic carbocycles. The molecule has 0 saturated heterocycles. The molecule has 26 heavy (non-hydrogen) atoms. The van der Waals surface area contributed by atoms with Gasteiger partial charge in [-0.2, -0.15) is 4.39 Å². The summed E-state index contributed by atoms with van der Waals surface area (Å²) in [5, 5.41) is 48.4. The lowest BCUT2D eigenvalue weighted by Crippen LogP contribution is -2.60. The van der Waals surface area contributed by atoms with Crippen molar-refractivity contribution in [1.29, 1.82) is 0 Å². The van der Waals surface area contributed by atoms with Crippen molar-refractivity contribution in [3.63, 3.8) is 0 Å². The van der Waals surface area contributed by atoms with Crippen LogP contribution in [0, 0.1) is 5.92 Å². The Bertz CT molecular complexity index is 531. The Hall–Kier alpha value is -2.09. The van der Waals surface area contributed by atoms with Crippen LogP contribution in [0.4, 0.5) is 8.78 Å². The third kappa shape index (κ3) is 6.01. The molecule has 0 spiro atoms. The number of hydrogen-bond acceptors (Lipinski definition) is 7. The first kappa shape index (κ1) is 23.9. The van der Waals surface area contributed by atoms with Gasteiger partial charge in [0.05, 0.1) is 18.8 Å². The molecule has 13 heteroatoms. The van der Waals surface area contributed by atoms with E-state index in [4.69, 9.17) is 21.7 Å². The fraction of sp³-hybridized carbons (Fsp3) is 0.769. The summed E-state index contributed by atoms with van der Waals surface area (Å²) in [7, 11) is 0. The molecule has 11 nitrogen and oxygen atoms in total. The molecule has 0 aromatic rings. The zero-order chi connectivity index (χ0) is 20.8. The van der Waals surface area contributed by atoms with Crippen molar-refractivity contribution in [3.05, 3.63) is 0 Å². The molecule has 1 amide bonds. The predicted molar refractivity (Wildman–Crippen MR) is 84.1 cm³/mol. The normalized spacial score (nSPS) is 20.6. The van der Waals surface area contributed by atoms with Crippen molar-refractivity contribution in [2.45, 2.75) is 50.2 Å². The molecule has 7 atom stereocenters. The van der Waals surface area contributed by atoms with E-state index in [1.807, 2.05) is 0 Å². The van der Waals surface area contributed by atoms with Crippen LogP contribution in [0.25, 0.3) is 0 Å². The van der Waals surface area contributed by atoms with Gasteiger partial charge in [0.2, 0.25) is 5.91 Å². The van der Waals surface area contributed by atoms with E-state index in [9.17, 15) is 33.7 Å². The van der Waals surface area contributed by atoms with Crippen LogP contribution in [0.5, 0.6) is 0 Å². The van der Waals surface area contributed by atoms with E-state index >= 15 is 0 Å². The van der Waals surface area contributed by atoms with Crippen molar-refractivity contribution >= 4 is 17.8 Å². The Morgan fingerprint density at radius 2 is 1.81 bits per heavy atom. The first-order chi connectivity index (χ1) is 11.8. The van der Waals surface area contributed by atoms with Crippen molar-refractivity contribution < 1.29 is 43.9 Å². The van der Waals surface area contributed by atoms with Gasteiger partial charge < -0.3 is 42.3 Å². The van der Waals surface area contributed by atoms with E-state index in [0.29, 0.717) is 0 Å². The second-order valence-electron chi connectivity index (χ2n) is 5.75. The summed E-state index contributed by atoms with van der Waals surface area (Å²) in [5.74, 6) is -9.92. The minimum Gasteiger partial charge on any atom is -0.477 e. The molecule has 0 aliphatic heterocycles. The van der Waals surface area contributed by atoms with Crippen LogP contribution in [0.3, 0.4) is 0 Å². The maximum absolute atomic E-state index is 14.5. The third-order valence-corrected chi connectivity index (χ3v) is 3.69. The van der Waals surface area contributed by atoms with E-state index < -0.39 is 66.7 Å². The number of carboxylic acids is 1. The quantitative estimate of drug-likeness (QED) is 0.138. The van der Waals surface area contributed by atoms with Crippen LogP contribution in [0.1, 0.15) is 13.8 Å². The molecule has 0 rings (SSSR count). The van der Waals surface area contributed by atoms with Gasteiger partial charge in [0.25, 0.3) is 0 Å². The summed E-state index contributed by atoms with van der Waals surface area (Å²) >= 11 is 0. The van der Waals surface area contributed by atoms with E-state index in [1.165, 1.54) is 6.92 Å². The molecule has 0 radical (unpaired) electrons. The van der Waals surface area contributed by atoms with Crippen LogP contribution < -0.4 is 16.8 Å². The smallest absolute Gasteiger partial charge is 0.372 e. The average Bonchev–Trinajstić information content (AvgIpc) is 2.54. The van der Waals surface area contributed by atoms with Crippen molar-refractivity contribution in [3.8, 4) is 0 Å². The SMILES string of the molecule is CC(=O)NC(C(N=C(N)N)C(F)C(O)(F)C(=O)O)C(C)[C@H](O)[C@H](O)CO. The number of guanidine groups is 1. The minimum atomic E-state index is -4.42. The Morgan fingerprint density at radius 3 is 2.15 bits per heavy atom. The zero-order valence-electron chi connectivity index (χ0n) is 14.1. The summed E-state index contributed by atoms with van der Waals surface area (Å²) in [6.45, 7) is 1.25. The Labute approximate surface area is 147 Å². The highest BCUT2D eigenvalue weighted by Gasteiger charge is 2.53. The summed E-state index contributed by atoms with van der Waals surface area (Å²) in [6.07, 6.45) is -6.75. The topological polar surface area (TPSA) is 212 Å². The lowest BCUT2D eigenvalue weighted by atomic mass is 9.84. The van der Waals surface area contributed by atoms with Gasteiger partial charge >= 0.3 is 11.8 Å². The highest BCUT2D eigenvalue weighted by atomic mass is 19.2. The standard InChI is InChI=1S/C13H24F2N4O7/c1-4(9(23)6(22)3-20)7(18-5(2)21)8(19-12(16)17)10(14)13(15,26)11(24)25/h4,6-10,20,22-23,26H,3H2,1-2H3,(H,18,21)(H,24,25)(H4,16,17,19)/t4?,6-,7?,8?,9+,10?,13?/m1/s1. The van der Waals surface area contributed by atoms with Gasteiger partial charge in [-0.15, -0.1) is 0 Å². The van der Waals surface area contributed by atoms with Gasteiger partial charge in [-0.3, -0.25) is 4.79 Å². The van der Waals surface area contributed by atoms with Gasteiger partial charge in [0.15, 0.2) is 12.1 Å². The number of aliphatic carboxylic acids is 1. The number of rotatable bonds is 10. The number of carbonyl (C=O) groups is 2. The number of amides is 1. The molecule has 0 fully saturated rings. The number of aliphatic imine (C=N–C) groups is 1. The number of aliphatic hydroxyl groups is 4. The molecule has 0 saturated carbocycles. The van der Waals surface area contributed by atoms with E-state index in [2.05, 4.69) is 10.3 Å². The van der Waals surface area contributed by atoms with Crippen LogP contribution in [0.2, 0.25) is 0 Å². The van der Waals surface area contributed by atoms with Crippen LogP contribution in [0.15, 0.2) is 4.99 Å². The first-order valence-corrected chi connectivity index (χ1v) is 7.38. The third-order valence-electron chi connectivity index (χ3n) is 3.69. The highest BCUT2D eigenvalue weighted by Crippen LogP contribution is 2.28. The van der Waals surface area contributed by atoms with Crippen molar-refractivity contribution in [2.24, 2.45) is 22.4 Å². The molecule has 152 valence electrons. The fourth-order valence-corrected chi connectivity index (χ4v) is 2.28. The Kier molecular flexibility index (Phi) is 8.80. The van der Waals surface area contributed by atoms with Crippen LogP contribution >= 0.6 is 0 Å². The van der Waals surface area contributed by atoms with Gasteiger partial charge in [-0.1, -0.05) is 6.92 Å². The Morgan fingerprint density at radius 1 is 1.31 bits per heavy atom. The number of carbonyl (C=O) groups excluding carboxylic acids is 1. The van der Waals surface area contributed by atoms with Gasteiger partial charge in [-0.05, 0) is 0 Å². The van der Waals surface area contributed by atoms with Gasteiger partial charge in [-0.25, -0.2) is 14.2 Å². The minimum absolute atomic E-state index is 0.812. The summed E-state index contributed by atoms with van der Waals surface area (Å²) < 4.78 is 28.4. The summed E-state index contributed by atoms with van der Waals surface area (Å²) in [6, 6.07) is -3.85. The molecule has 0 aromatic heterocycles. The number of hydrogen-bond donors (Lipinski definition) is 8. The van der Waals surface area contributed by atoms with Gasteiger partial charge in [0, 0.05) is 12.8 Å². The fourth-order valence-electron chi connectivity index (χ4n) is 2.28. The molecule has 0 aliphatic rings. The van der Waals surface area contributed by atoms with Crippen molar-refractivity contribution in [1.82, 2.24) is 5.32 Å². The summed E-state index contributed by atoms with van der Waals surface area (Å²) in [5.41, 5.74) is 10.3.